The minimum atomic E-state index is -0.934. The monoisotopic (exact) mass is 279 g/mol. The fourth-order valence-corrected chi connectivity index (χ4v) is 2.26. The van der Waals surface area contributed by atoms with E-state index in [0.717, 1.165) is 5.69 Å². The van der Waals surface area contributed by atoms with Gasteiger partial charge in [0.2, 0.25) is 0 Å². The summed E-state index contributed by atoms with van der Waals surface area (Å²) >= 11 is 6.00. The zero-order chi connectivity index (χ0) is 14.0. The lowest BCUT2D eigenvalue weighted by atomic mass is 10.2. The summed E-state index contributed by atoms with van der Waals surface area (Å²) in [5.74, 6) is -0.289. The Morgan fingerprint density at radius 1 is 1.42 bits per heavy atom. The molecule has 0 fully saturated rings. The molecule has 2 rings (SSSR count). The summed E-state index contributed by atoms with van der Waals surface area (Å²) in [5, 5.41) is 9.74. The molecule has 0 aliphatic rings. The molecular formula is C14H14ClNO3. The Balaban J connectivity index is 2.65. The van der Waals surface area contributed by atoms with Gasteiger partial charge in [0.15, 0.2) is 0 Å². The van der Waals surface area contributed by atoms with Crippen molar-refractivity contribution < 1.29 is 14.6 Å². The topological polar surface area (TPSA) is 51.5 Å². The van der Waals surface area contributed by atoms with Crippen LogP contribution in [-0.2, 0) is 6.42 Å². The highest BCUT2D eigenvalue weighted by Gasteiger charge is 2.16. The number of methoxy groups -OCH3 is 1. The summed E-state index contributed by atoms with van der Waals surface area (Å²) in [5.41, 5.74) is 1.75. The molecule has 1 heterocycles. The van der Waals surface area contributed by atoms with Crippen molar-refractivity contribution in [2.75, 3.05) is 7.11 Å². The van der Waals surface area contributed by atoms with Gasteiger partial charge in [-0.25, -0.2) is 4.79 Å². The van der Waals surface area contributed by atoms with Gasteiger partial charge in [-0.3, -0.25) is 0 Å². The van der Waals surface area contributed by atoms with Gasteiger partial charge in [0.1, 0.15) is 5.75 Å². The number of carboxylic acid groups (broad SMARTS) is 1. The molecule has 4 nitrogen and oxygen atoms in total. The quantitative estimate of drug-likeness (QED) is 0.933. The molecule has 19 heavy (non-hydrogen) atoms. The van der Waals surface area contributed by atoms with Crippen LogP contribution in [0.25, 0.3) is 5.69 Å². The molecule has 0 aliphatic heterocycles. The summed E-state index contributed by atoms with van der Waals surface area (Å²) in [7, 11) is 1.57. The number of benzene rings is 1. The minimum Gasteiger partial charge on any atom is -0.495 e. The van der Waals surface area contributed by atoms with E-state index >= 15 is 0 Å². The van der Waals surface area contributed by atoms with Crippen LogP contribution in [0.1, 0.15) is 23.0 Å². The van der Waals surface area contributed by atoms with Crippen molar-refractivity contribution in [3.63, 3.8) is 0 Å². The number of halogens is 1. The number of carbonyl (C=O) groups is 1. The Labute approximate surface area is 116 Å². The second-order valence-corrected chi connectivity index (χ2v) is 4.46. The van der Waals surface area contributed by atoms with Crippen LogP contribution < -0.4 is 4.74 Å². The number of hydrogen-bond donors (Lipinski definition) is 1. The molecule has 0 bridgehead atoms. The molecule has 0 radical (unpaired) electrons. The van der Waals surface area contributed by atoms with E-state index in [0.29, 0.717) is 28.5 Å². The number of rotatable bonds is 4. The third-order valence-corrected chi connectivity index (χ3v) is 3.19. The van der Waals surface area contributed by atoms with Crippen molar-refractivity contribution >= 4 is 17.6 Å². The third kappa shape index (κ3) is 2.44. The van der Waals surface area contributed by atoms with Crippen LogP contribution in [0.4, 0.5) is 0 Å². The van der Waals surface area contributed by atoms with Gasteiger partial charge in [-0.05, 0) is 30.7 Å². The Morgan fingerprint density at radius 2 is 2.16 bits per heavy atom. The summed E-state index contributed by atoms with van der Waals surface area (Å²) in [4.78, 5) is 11.2. The van der Waals surface area contributed by atoms with Gasteiger partial charge in [-0.1, -0.05) is 18.5 Å². The van der Waals surface area contributed by atoms with E-state index in [9.17, 15) is 4.79 Å². The van der Waals surface area contributed by atoms with Crippen LogP contribution in [0.5, 0.6) is 5.75 Å². The van der Waals surface area contributed by atoms with Crippen molar-refractivity contribution in [2.45, 2.75) is 13.3 Å². The Morgan fingerprint density at radius 3 is 2.74 bits per heavy atom. The molecule has 0 saturated heterocycles. The van der Waals surface area contributed by atoms with Gasteiger partial charge in [0.25, 0.3) is 0 Å². The van der Waals surface area contributed by atoms with Gasteiger partial charge >= 0.3 is 5.97 Å². The fourth-order valence-electron chi connectivity index (χ4n) is 2.10. The van der Waals surface area contributed by atoms with E-state index in [1.165, 1.54) is 0 Å². The number of nitrogens with zero attached hydrogens (tertiary/aromatic N) is 1. The van der Waals surface area contributed by atoms with Crippen LogP contribution in [0.2, 0.25) is 5.02 Å². The van der Waals surface area contributed by atoms with Gasteiger partial charge < -0.3 is 14.4 Å². The van der Waals surface area contributed by atoms with Crippen LogP contribution in [0.3, 0.4) is 0 Å². The number of ether oxygens (including phenoxy) is 1. The lowest BCUT2D eigenvalue weighted by Crippen LogP contribution is -2.05. The summed E-state index contributed by atoms with van der Waals surface area (Å²) in [6.45, 7) is 1.91. The molecule has 0 spiro atoms. The van der Waals surface area contributed by atoms with Crippen molar-refractivity contribution in [1.82, 2.24) is 4.57 Å². The van der Waals surface area contributed by atoms with E-state index in [1.807, 2.05) is 6.92 Å². The van der Waals surface area contributed by atoms with E-state index in [4.69, 9.17) is 21.4 Å². The normalized spacial score (nSPS) is 10.5. The van der Waals surface area contributed by atoms with E-state index in [1.54, 1.807) is 42.1 Å². The Kier molecular flexibility index (Phi) is 3.81. The predicted molar refractivity (Wildman–Crippen MR) is 73.7 cm³/mol. The van der Waals surface area contributed by atoms with Crippen LogP contribution >= 0.6 is 11.6 Å². The maximum Gasteiger partial charge on any atom is 0.337 e. The van der Waals surface area contributed by atoms with Crippen molar-refractivity contribution in [3.8, 4) is 11.4 Å². The molecule has 2 aromatic rings. The number of aromatic nitrogens is 1. The lowest BCUT2D eigenvalue weighted by Gasteiger charge is -2.13. The highest BCUT2D eigenvalue weighted by molar-refractivity contribution is 6.30. The zero-order valence-corrected chi connectivity index (χ0v) is 11.4. The van der Waals surface area contributed by atoms with Gasteiger partial charge in [-0.2, -0.15) is 0 Å². The molecule has 5 heteroatoms. The van der Waals surface area contributed by atoms with Crippen molar-refractivity contribution in [1.29, 1.82) is 0 Å². The van der Waals surface area contributed by atoms with E-state index in [-0.39, 0.29) is 0 Å². The molecule has 100 valence electrons. The highest BCUT2D eigenvalue weighted by atomic mass is 35.5. The predicted octanol–water partition coefficient (Wildman–Crippen LogP) is 3.40. The molecule has 1 N–H and O–H groups in total. The molecule has 0 unspecified atom stereocenters. The third-order valence-electron chi connectivity index (χ3n) is 2.96. The molecule has 0 aliphatic carbocycles. The molecule has 1 aromatic heterocycles. The van der Waals surface area contributed by atoms with Gasteiger partial charge in [0.05, 0.1) is 18.4 Å². The first-order chi connectivity index (χ1) is 9.08. The zero-order valence-electron chi connectivity index (χ0n) is 10.7. The Bertz CT molecular complexity index is 619. The second-order valence-electron chi connectivity index (χ2n) is 4.02. The summed E-state index contributed by atoms with van der Waals surface area (Å²) in [6.07, 6.45) is 2.32. The second kappa shape index (κ2) is 5.36. The molecular weight excluding hydrogens is 266 g/mol. The first-order valence-electron chi connectivity index (χ1n) is 5.86. The molecule has 1 aromatic carbocycles. The van der Waals surface area contributed by atoms with Crippen LogP contribution in [-0.4, -0.2) is 22.8 Å². The van der Waals surface area contributed by atoms with Crippen molar-refractivity contribution in [3.05, 3.63) is 46.7 Å². The highest BCUT2D eigenvalue weighted by Crippen LogP contribution is 2.29. The molecule has 0 atom stereocenters. The average molecular weight is 280 g/mol. The SMILES string of the molecule is CCc1c(C(=O)O)ccn1-c1cc(Cl)ccc1OC. The fraction of sp³-hybridized carbons (Fsp3) is 0.214. The maximum absolute atomic E-state index is 11.2. The number of hydrogen-bond acceptors (Lipinski definition) is 2. The van der Waals surface area contributed by atoms with Crippen LogP contribution in [0.15, 0.2) is 30.5 Å². The largest absolute Gasteiger partial charge is 0.495 e. The smallest absolute Gasteiger partial charge is 0.337 e. The summed E-state index contributed by atoms with van der Waals surface area (Å²) in [6, 6.07) is 6.83. The Hall–Kier alpha value is -1.94. The number of aromatic carboxylic acids is 1. The first kappa shape index (κ1) is 13.5. The average Bonchev–Trinajstić information content (AvgIpc) is 2.82. The first-order valence-corrected chi connectivity index (χ1v) is 6.23. The van der Waals surface area contributed by atoms with E-state index in [2.05, 4.69) is 0 Å². The molecule has 0 amide bonds. The lowest BCUT2D eigenvalue weighted by molar-refractivity contribution is 0.0696. The minimum absolute atomic E-state index is 0.296. The summed E-state index contributed by atoms with van der Waals surface area (Å²) < 4.78 is 7.10. The van der Waals surface area contributed by atoms with Gasteiger partial charge in [0, 0.05) is 16.9 Å². The standard InChI is InChI=1S/C14H14ClNO3/c1-3-11-10(14(17)18)6-7-16(11)12-8-9(15)4-5-13(12)19-2/h4-8H,3H2,1-2H3,(H,17,18). The van der Waals surface area contributed by atoms with Crippen molar-refractivity contribution in [2.24, 2.45) is 0 Å². The van der Waals surface area contributed by atoms with Gasteiger partial charge in [-0.15, -0.1) is 0 Å². The number of carboxylic acids is 1. The van der Waals surface area contributed by atoms with Crippen LogP contribution in [0, 0.1) is 0 Å². The van der Waals surface area contributed by atoms with E-state index < -0.39 is 5.97 Å². The molecule has 0 saturated carbocycles. The maximum atomic E-state index is 11.2.